The number of benzene rings is 1. The Morgan fingerprint density at radius 1 is 1.44 bits per heavy atom. The standard InChI is InChI=1S/C16H22N2O6S/c1-3-25(22,23)12-4-5-14(19)13(9-12)17-16(21)11-8-15(20)18(10-11)6-7-24-2/h4-5,9,11,19H,3,6-8,10H2,1-2H3,(H,17,21). The van der Waals surface area contributed by atoms with Gasteiger partial charge in [0.2, 0.25) is 11.8 Å². The largest absolute Gasteiger partial charge is 0.506 e. The van der Waals surface area contributed by atoms with Crippen LogP contribution in [0.2, 0.25) is 0 Å². The number of hydrogen-bond acceptors (Lipinski definition) is 6. The maximum Gasteiger partial charge on any atom is 0.229 e. The maximum atomic E-state index is 12.4. The van der Waals surface area contributed by atoms with Crippen LogP contribution >= 0.6 is 0 Å². The van der Waals surface area contributed by atoms with Gasteiger partial charge < -0.3 is 20.1 Å². The van der Waals surface area contributed by atoms with E-state index in [-0.39, 0.29) is 41.0 Å². The van der Waals surface area contributed by atoms with Crippen molar-refractivity contribution in [2.45, 2.75) is 18.2 Å². The Balaban J connectivity index is 2.11. The number of phenolic OH excluding ortho intramolecular Hbond substituents is 1. The van der Waals surface area contributed by atoms with E-state index in [0.717, 1.165) is 0 Å². The molecule has 2 N–H and O–H groups in total. The number of nitrogens with zero attached hydrogens (tertiary/aromatic N) is 1. The lowest BCUT2D eigenvalue weighted by atomic mass is 10.1. The molecule has 0 spiro atoms. The highest BCUT2D eigenvalue weighted by Gasteiger charge is 2.34. The quantitative estimate of drug-likeness (QED) is 0.680. The third-order valence-corrected chi connectivity index (χ3v) is 5.85. The van der Waals surface area contributed by atoms with Gasteiger partial charge in [0.25, 0.3) is 0 Å². The van der Waals surface area contributed by atoms with Gasteiger partial charge in [0.1, 0.15) is 5.75 Å². The van der Waals surface area contributed by atoms with Crippen molar-refractivity contribution in [1.29, 1.82) is 0 Å². The van der Waals surface area contributed by atoms with Crippen LogP contribution < -0.4 is 5.32 Å². The van der Waals surface area contributed by atoms with Crippen molar-refractivity contribution in [3.8, 4) is 5.75 Å². The number of aromatic hydroxyl groups is 1. The number of likely N-dealkylation sites (tertiary alicyclic amines) is 1. The minimum absolute atomic E-state index is 0.0160. The van der Waals surface area contributed by atoms with Crippen LogP contribution in [0.25, 0.3) is 0 Å². The molecule has 1 heterocycles. The molecule has 2 amide bonds. The number of carbonyl (C=O) groups is 2. The third kappa shape index (κ3) is 4.49. The topological polar surface area (TPSA) is 113 Å². The minimum atomic E-state index is -3.46. The van der Waals surface area contributed by atoms with Gasteiger partial charge in [-0.05, 0) is 18.2 Å². The average Bonchev–Trinajstić information content (AvgIpc) is 2.95. The number of amides is 2. The van der Waals surface area contributed by atoms with Crippen molar-refractivity contribution in [2.75, 3.05) is 37.9 Å². The number of ether oxygens (including phenoxy) is 1. The zero-order valence-electron chi connectivity index (χ0n) is 14.2. The van der Waals surface area contributed by atoms with Crippen LogP contribution in [0.15, 0.2) is 23.1 Å². The summed E-state index contributed by atoms with van der Waals surface area (Å²) < 4.78 is 28.8. The van der Waals surface area contributed by atoms with E-state index in [4.69, 9.17) is 4.74 Å². The van der Waals surface area contributed by atoms with Gasteiger partial charge in [-0.1, -0.05) is 6.92 Å². The van der Waals surface area contributed by atoms with E-state index >= 15 is 0 Å². The SMILES string of the molecule is CCS(=O)(=O)c1ccc(O)c(NC(=O)C2CC(=O)N(CCOC)C2)c1. The number of carbonyl (C=O) groups excluding carboxylic acids is 2. The molecule has 1 fully saturated rings. The van der Waals surface area contributed by atoms with Gasteiger partial charge in [0, 0.05) is 26.6 Å². The molecule has 2 rings (SSSR count). The van der Waals surface area contributed by atoms with Gasteiger partial charge >= 0.3 is 0 Å². The van der Waals surface area contributed by atoms with Crippen LogP contribution in [0.5, 0.6) is 5.75 Å². The van der Waals surface area contributed by atoms with Crippen molar-refractivity contribution in [3.63, 3.8) is 0 Å². The fourth-order valence-corrected chi connectivity index (χ4v) is 3.48. The van der Waals surface area contributed by atoms with E-state index in [1.54, 1.807) is 4.90 Å². The van der Waals surface area contributed by atoms with Crippen molar-refractivity contribution < 1.29 is 27.9 Å². The van der Waals surface area contributed by atoms with E-state index < -0.39 is 21.7 Å². The van der Waals surface area contributed by atoms with Gasteiger partial charge in [-0.25, -0.2) is 8.42 Å². The summed E-state index contributed by atoms with van der Waals surface area (Å²) in [5.41, 5.74) is 0.0160. The molecule has 0 radical (unpaired) electrons. The molecule has 9 heteroatoms. The van der Waals surface area contributed by atoms with Crippen molar-refractivity contribution in [3.05, 3.63) is 18.2 Å². The third-order valence-electron chi connectivity index (χ3n) is 4.12. The molecule has 1 aromatic carbocycles. The number of nitrogens with one attached hydrogen (secondary N) is 1. The van der Waals surface area contributed by atoms with Gasteiger partial charge in [0.15, 0.2) is 9.84 Å². The maximum absolute atomic E-state index is 12.4. The molecule has 1 aromatic rings. The molecular weight excluding hydrogens is 348 g/mol. The normalized spacial score (nSPS) is 17.8. The number of rotatable bonds is 7. The molecule has 1 aliphatic rings. The van der Waals surface area contributed by atoms with Crippen LogP contribution in [0.1, 0.15) is 13.3 Å². The van der Waals surface area contributed by atoms with Crippen molar-refractivity contribution in [1.82, 2.24) is 4.90 Å². The lowest BCUT2D eigenvalue weighted by molar-refractivity contribution is -0.128. The molecule has 8 nitrogen and oxygen atoms in total. The molecule has 1 aliphatic heterocycles. The molecular formula is C16H22N2O6S. The molecule has 0 aromatic heterocycles. The van der Waals surface area contributed by atoms with Gasteiger partial charge in [-0.2, -0.15) is 0 Å². The molecule has 138 valence electrons. The molecule has 1 atom stereocenters. The van der Waals surface area contributed by atoms with Crippen LogP contribution in [0.4, 0.5) is 5.69 Å². The first-order valence-electron chi connectivity index (χ1n) is 7.91. The Labute approximate surface area is 146 Å². The zero-order valence-corrected chi connectivity index (χ0v) is 15.0. The highest BCUT2D eigenvalue weighted by molar-refractivity contribution is 7.91. The van der Waals surface area contributed by atoms with Gasteiger partial charge in [-0.3, -0.25) is 9.59 Å². The molecule has 0 aliphatic carbocycles. The monoisotopic (exact) mass is 370 g/mol. The highest BCUT2D eigenvalue weighted by atomic mass is 32.2. The molecule has 0 saturated carbocycles. The Morgan fingerprint density at radius 2 is 2.16 bits per heavy atom. The van der Waals surface area contributed by atoms with Crippen molar-refractivity contribution in [2.24, 2.45) is 5.92 Å². The summed E-state index contributed by atoms with van der Waals surface area (Å²) in [6.45, 7) is 2.58. The minimum Gasteiger partial charge on any atom is -0.506 e. The fraction of sp³-hybridized carbons (Fsp3) is 0.500. The molecule has 0 bridgehead atoms. The van der Waals surface area contributed by atoms with Gasteiger partial charge in [-0.15, -0.1) is 0 Å². The summed E-state index contributed by atoms with van der Waals surface area (Å²) in [6, 6.07) is 3.74. The molecule has 1 unspecified atom stereocenters. The predicted octanol–water partition coefficient (Wildman–Crippen LogP) is 0.619. The Kier molecular flexibility index (Phi) is 6.02. The molecule has 25 heavy (non-hydrogen) atoms. The molecule has 1 saturated heterocycles. The second-order valence-electron chi connectivity index (χ2n) is 5.81. The lowest BCUT2D eigenvalue weighted by Gasteiger charge is -2.16. The van der Waals surface area contributed by atoms with Crippen LogP contribution in [0, 0.1) is 5.92 Å². The fourth-order valence-electron chi connectivity index (χ4n) is 2.58. The highest BCUT2D eigenvalue weighted by Crippen LogP contribution is 2.28. The van der Waals surface area contributed by atoms with Crippen LogP contribution in [0.3, 0.4) is 0 Å². The summed E-state index contributed by atoms with van der Waals surface area (Å²) in [4.78, 5) is 25.8. The number of sulfone groups is 1. The first kappa shape index (κ1) is 19.2. The summed E-state index contributed by atoms with van der Waals surface area (Å²) in [5, 5.41) is 12.4. The lowest BCUT2D eigenvalue weighted by Crippen LogP contribution is -2.30. The van der Waals surface area contributed by atoms with Crippen LogP contribution in [-0.2, 0) is 24.2 Å². The average molecular weight is 370 g/mol. The summed E-state index contributed by atoms with van der Waals surface area (Å²) in [7, 11) is -1.93. The van der Waals surface area contributed by atoms with E-state index in [1.807, 2.05) is 0 Å². The van der Waals surface area contributed by atoms with E-state index in [0.29, 0.717) is 13.2 Å². The van der Waals surface area contributed by atoms with E-state index in [2.05, 4.69) is 5.32 Å². The number of hydrogen-bond donors (Lipinski definition) is 2. The Hall–Kier alpha value is -2.13. The summed E-state index contributed by atoms with van der Waals surface area (Å²) >= 11 is 0. The van der Waals surface area contributed by atoms with E-state index in [9.17, 15) is 23.1 Å². The number of anilines is 1. The summed E-state index contributed by atoms with van der Waals surface area (Å²) in [5.74, 6) is -1.45. The zero-order chi connectivity index (χ0) is 18.6. The van der Waals surface area contributed by atoms with Crippen LogP contribution in [-0.4, -0.2) is 62.8 Å². The smallest absolute Gasteiger partial charge is 0.229 e. The summed E-state index contributed by atoms with van der Waals surface area (Å²) in [6.07, 6.45) is 0.0727. The second-order valence-corrected chi connectivity index (χ2v) is 8.08. The number of methoxy groups -OCH3 is 1. The second kappa shape index (κ2) is 7.83. The van der Waals surface area contributed by atoms with Crippen molar-refractivity contribution >= 4 is 27.3 Å². The predicted molar refractivity (Wildman–Crippen MR) is 91.0 cm³/mol. The first-order chi connectivity index (χ1) is 11.8. The first-order valence-corrected chi connectivity index (χ1v) is 9.57. The Morgan fingerprint density at radius 3 is 2.80 bits per heavy atom. The Bertz CT molecular complexity index is 762. The number of phenols is 1. The van der Waals surface area contributed by atoms with Gasteiger partial charge in [0.05, 0.1) is 28.9 Å². The van der Waals surface area contributed by atoms with E-state index in [1.165, 1.54) is 32.2 Å².